The average Bonchev–Trinajstić information content (AvgIpc) is 2.16. The molecule has 3 heteroatoms. The van der Waals surface area contributed by atoms with Crippen molar-refractivity contribution in [2.24, 2.45) is 0 Å². The Bertz CT molecular complexity index is 321. The molecule has 0 aliphatic rings. The van der Waals surface area contributed by atoms with Gasteiger partial charge in [-0.05, 0) is 19.1 Å². The maximum atomic E-state index is 11.4. The van der Waals surface area contributed by atoms with E-state index in [0.29, 0.717) is 11.3 Å². The van der Waals surface area contributed by atoms with E-state index in [9.17, 15) is 4.79 Å². The Hall–Kier alpha value is -0.960. The van der Waals surface area contributed by atoms with Crippen LogP contribution in [0, 0.1) is 6.92 Å². The van der Waals surface area contributed by atoms with Gasteiger partial charge in [0.25, 0.3) is 0 Å². The topological polar surface area (TPSA) is 26.3 Å². The molecule has 0 saturated carbocycles. The van der Waals surface area contributed by atoms with E-state index in [1.165, 1.54) is 0 Å². The van der Waals surface area contributed by atoms with Crippen molar-refractivity contribution in [3.63, 3.8) is 0 Å². The molecule has 70 valence electrons. The van der Waals surface area contributed by atoms with Crippen LogP contribution in [0.25, 0.3) is 0 Å². The van der Waals surface area contributed by atoms with Crippen molar-refractivity contribution in [2.75, 3.05) is 12.9 Å². The molecule has 1 aromatic carbocycles. The van der Waals surface area contributed by atoms with Crippen LogP contribution in [0.2, 0.25) is 0 Å². The summed E-state index contributed by atoms with van der Waals surface area (Å²) >= 11 is 3.94. The fourth-order valence-electron chi connectivity index (χ4n) is 1.12. The Labute approximate surface area is 83.3 Å². The molecular formula is C10H12O2S. The molecule has 13 heavy (non-hydrogen) atoms. The molecule has 0 N–H and O–H groups in total. The molecule has 0 bridgehead atoms. The number of benzene rings is 1. The second-order valence-electron chi connectivity index (χ2n) is 2.79. The summed E-state index contributed by atoms with van der Waals surface area (Å²) in [6.45, 7) is 1.94. The zero-order chi connectivity index (χ0) is 9.84. The van der Waals surface area contributed by atoms with Gasteiger partial charge in [-0.25, -0.2) is 0 Å². The lowest BCUT2D eigenvalue weighted by molar-refractivity contribution is 0.102. The van der Waals surface area contributed by atoms with E-state index in [1.54, 1.807) is 13.2 Å². The van der Waals surface area contributed by atoms with Crippen LogP contribution in [0.5, 0.6) is 5.75 Å². The summed E-state index contributed by atoms with van der Waals surface area (Å²) in [5, 5.41) is 0. The zero-order valence-corrected chi connectivity index (χ0v) is 8.60. The van der Waals surface area contributed by atoms with Gasteiger partial charge < -0.3 is 4.74 Å². The van der Waals surface area contributed by atoms with E-state index in [-0.39, 0.29) is 11.5 Å². The lowest BCUT2D eigenvalue weighted by Crippen LogP contribution is -2.03. The van der Waals surface area contributed by atoms with Crippen LogP contribution in [0.4, 0.5) is 0 Å². The van der Waals surface area contributed by atoms with Gasteiger partial charge in [-0.2, -0.15) is 12.6 Å². The van der Waals surface area contributed by atoms with E-state index >= 15 is 0 Å². The highest BCUT2D eigenvalue weighted by molar-refractivity contribution is 7.81. The Morgan fingerprint density at radius 3 is 2.77 bits per heavy atom. The second kappa shape index (κ2) is 4.33. The summed E-state index contributed by atoms with van der Waals surface area (Å²) in [4.78, 5) is 11.4. The highest BCUT2D eigenvalue weighted by atomic mass is 32.1. The molecule has 0 atom stereocenters. The highest BCUT2D eigenvalue weighted by Gasteiger charge is 2.09. The van der Waals surface area contributed by atoms with Crippen LogP contribution in [0.15, 0.2) is 18.2 Å². The fraction of sp³-hybridized carbons (Fsp3) is 0.300. The van der Waals surface area contributed by atoms with Crippen molar-refractivity contribution in [2.45, 2.75) is 6.92 Å². The number of thiol groups is 1. The largest absolute Gasteiger partial charge is 0.496 e. The van der Waals surface area contributed by atoms with Crippen molar-refractivity contribution >= 4 is 18.4 Å². The second-order valence-corrected chi connectivity index (χ2v) is 3.10. The van der Waals surface area contributed by atoms with E-state index in [0.717, 1.165) is 5.56 Å². The quantitative estimate of drug-likeness (QED) is 0.592. The molecule has 0 amide bonds. The molecule has 0 heterocycles. The SMILES string of the molecule is COc1ccc(C)cc1C(=O)CS. The van der Waals surface area contributed by atoms with Gasteiger partial charge in [0, 0.05) is 0 Å². The standard InChI is InChI=1S/C10H12O2S/c1-7-3-4-10(12-2)8(5-7)9(11)6-13/h3-5,13H,6H2,1-2H3. The van der Waals surface area contributed by atoms with Crippen molar-refractivity contribution in [3.8, 4) is 5.75 Å². The van der Waals surface area contributed by atoms with Crippen LogP contribution in [0.1, 0.15) is 15.9 Å². The summed E-state index contributed by atoms with van der Waals surface area (Å²) in [5.74, 6) is 0.813. The summed E-state index contributed by atoms with van der Waals surface area (Å²) in [6, 6.07) is 5.53. The number of carbonyl (C=O) groups is 1. The van der Waals surface area contributed by atoms with E-state index < -0.39 is 0 Å². The number of carbonyl (C=O) groups excluding carboxylic acids is 1. The smallest absolute Gasteiger partial charge is 0.176 e. The molecule has 1 aromatic rings. The van der Waals surface area contributed by atoms with Gasteiger partial charge in [0.1, 0.15) is 5.75 Å². The van der Waals surface area contributed by atoms with Crippen molar-refractivity contribution in [3.05, 3.63) is 29.3 Å². The highest BCUT2D eigenvalue weighted by Crippen LogP contribution is 2.20. The molecule has 0 spiro atoms. The van der Waals surface area contributed by atoms with Crippen molar-refractivity contribution in [1.82, 2.24) is 0 Å². The minimum Gasteiger partial charge on any atom is -0.496 e. The van der Waals surface area contributed by atoms with Crippen LogP contribution in [-0.4, -0.2) is 18.6 Å². The summed E-state index contributed by atoms with van der Waals surface area (Å²) in [5.41, 5.74) is 1.66. The van der Waals surface area contributed by atoms with E-state index in [1.807, 2.05) is 19.1 Å². The minimum absolute atomic E-state index is 0.0103. The van der Waals surface area contributed by atoms with Gasteiger partial charge in [-0.15, -0.1) is 0 Å². The first-order valence-electron chi connectivity index (χ1n) is 3.97. The molecule has 0 unspecified atom stereocenters. The Kier molecular flexibility index (Phi) is 3.37. The number of methoxy groups -OCH3 is 1. The number of ketones is 1. The number of rotatable bonds is 3. The molecule has 0 aliphatic carbocycles. The van der Waals surface area contributed by atoms with Crippen molar-refractivity contribution in [1.29, 1.82) is 0 Å². The summed E-state index contributed by atoms with van der Waals surface area (Å²) in [7, 11) is 1.56. The molecule has 0 aliphatic heterocycles. The maximum Gasteiger partial charge on any atom is 0.176 e. The third-order valence-electron chi connectivity index (χ3n) is 1.80. The minimum atomic E-state index is -0.0103. The van der Waals surface area contributed by atoms with Crippen LogP contribution in [-0.2, 0) is 0 Å². The van der Waals surface area contributed by atoms with E-state index in [4.69, 9.17) is 4.74 Å². The molecule has 1 rings (SSSR count). The molecule has 0 saturated heterocycles. The van der Waals surface area contributed by atoms with Crippen LogP contribution >= 0.6 is 12.6 Å². The summed E-state index contributed by atoms with van der Waals surface area (Å²) in [6.07, 6.45) is 0. The molecule has 0 aromatic heterocycles. The lowest BCUT2D eigenvalue weighted by atomic mass is 10.1. The number of aryl methyl sites for hydroxylation is 1. The van der Waals surface area contributed by atoms with Crippen molar-refractivity contribution < 1.29 is 9.53 Å². The average molecular weight is 196 g/mol. The number of hydrogen-bond acceptors (Lipinski definition) is 3. The first-order valence-corrected chi connectivity index (χ1v) is 4.61. The Balaban J connectivity index is 3.15. The molecular weight excluding hydrogens is 184 g/mol. The van der Waals surface area contributed by atoms with Gasteiger partial charge in [-0.3, -0.25) is 4.79 Å². The molecule has 2 nitrogen and oxygen atoms in total. The molecule has 0 radical (unpaired) electrons. The van der Waals surface area contributed by atoms with Gasteiger partial charge in [0.15, 0.2) is 5.78 Å². The number of hydrogen-bond donors (Lipinski definition) is 1. The maximum absolute atomic E-state index is 11.4. The van der Waals surface area contributed by atoms with Crippen LogP contribution in [0.3, 0.4) is 0 Å². The van der Waals surface area contributed by atoms with Crippen LogP contribution < -0.4 is 4.74 Å². The van der Waals surface area contributed by atoms with Gasteiger partial charge >= 0.3 is 0 Å². The summed E-state index contributed by atoms with van der Waals surface area (Å²) < 4.78 is 5.07. The predicted octanol–water partition coefficient (Wildman–Crippen LogP) is 2.12. The monoisotopic (exact) mass is 196 g/mol. The number of ether oxygens (including phenoxy) is 1. The first kappa shape index (κ1) is 10.1. The third-order valence-corrected chi connectivity index (χ3v) is 2.09. The molecule has 0 fully saturated rings. The Morgan fingerprint density at radius 1 is 1.54 bits per heavy atom. The number of Topliss-reactive ketones (excluding diaryl/α,β-unsaturated/α-hetero) is 1. The predicted molar refractivity (Wildman–Crippen MR) is 55.9 cm³/mol. The normalized spacial score (nSPS) is 9.77. The van der Waals surface area contributed by atoms with Gasteiger partial charge in [-0.1, -0.05) is 11.6 Å². The van der Waals surface area contributed by atoms with Gasteiger partial charge in [0.05, 0.1) is 18.4 Å². The lowest BCUT2D eigenvalue weighted by Gasteiger charge is -2.06. The third kappa shape index (κ3) is 2.25. The van der Waals surface area contributed by atoms with Gasteiger partial charge in [0.2, 0.25) is 0 Å². The Morgan fingerprint density at radius 2 is 2.23 bits per heavy atom. The first-order chi connectivity index (χ1) is 6.19. The van der Waals surface area contributed by atoms with E-state index in [2.05, 4.69) is 12.6 Å². The zero-order valence-electron chi connectivity index (χ0n) is 7.70. The fourth-order valence-corrected chi connectivity index (χ4v) is 1.30.